The predicted molar refractivity (Wildman–Crippen MR) is 88.3 cm³/mol. The van der Waals surface area contributed by atoms with Gasteiger partial charge in [0.2, 0.25) is 12.1 Å². The number of esters is 1. The second-order valence-corrected chi connectivity index (χ2v) is 8.49. The fraction of sp³-hybridized carbons (Fsp3) is 0.895. The zero-order chi connectivity index (χ0) is 18.5. The zero-order valence-electron chi connectivity index (χ0n) is 15.7. The minimum atomic E-state index is -0.835. The van der Waals surface area contributed by atoms with Crippen LogP contribution in [0.15, 0.2) is 0 Å². The van der Waals surface area contributed by atoms with Crippen LogP contribution in [0.5, 0.6) is 0 Å². The van der Waals surface area contributed by atoms with Crippen molar-refractivity contribution < 1.29 is 33.6 Å². The van der Waals surface area contributed by atoms with Gasteiger partial charge >= 0.3 is 5.97 Å². The van der Waals surface area contributed by atoms with Crippen molar-refractivity contribution in [3.8, 4) is 0 Å². The summed E-state index contributed by atoms with van der Waals surface area (Å²) >= 11 is 0. The standard InChI is InChI=1S/C19H28O7/c1-11-4-6-13-10-16(22-15(21)7-5-12(2)20)23-17-19(13)14(11)8-9-18(3,24-17)25-26-19/h11,13-14,16-17H,4-10H2,1-3H3/t11-,13+,14+,16-,17-,18+,19+/m1/s1. The largest absolute Gasteiger partial charge is 0.436 e. The van der Waals surface area contributed by atoms with Crippen LogP contribution in [-0.2, 0) is 33.6 Å². The number of carbonyl (C=O) groups excluding carboxylic acids is 2. The molecule has 0 aromatic carbocycles. The van der Waals surface area contributed by atoms with E-state index in [0.717, 1.165) is 25.7 Å². The molecule has 146 valence electrons. The summed E-state index contributed by atoms with van der Waals surface area (Å²) in [7, 11) is 0. The molecular weight excluding hydrogens is 340 g/mol. The van der Waals surface area contributed by atoms with Gasteiger partial charge in [-0.1, -0.05) is 6.92 Å². The van der Waals surface area contributed by atoms with Gasteiger partial charge in [0, 0.05) is 25.2 Å². The van der Waals surface area contributed by atoms with Crippen LogP contribution in [0.1, 0.15) is 65.7 Å². The number of rotatable bonds is 4. The van der Waals surface area contributed by atoms with Gasteiger partial charge in [0.25, 0.3) is 0 Å². The van der Waals surface area contributed by atoms with Gasteiger partial charge in [0.1, 0.15) is 5.78 Å². The van der Waals surface area contributed by atoms with Crippen molar-refractivity contribution in [3.63, 3.8) is 0 Å². The van der Waals surface area contributed by atoms with Gasteiger partial charge in [-0.3, -0.25) is 4.79 Å². The van der Waals surface area contributed by atoms with Crippen LogP contribution in [-0.4, -0.2) is 35.7 Å². The first-order chi connectivity index (χ1) is 12.3. The summed E-state index contributed by atoms with van der Waals surface area (Å²) < 4.78 is 17.7. The van der Waals surface area contributed by atoms with Crippen molar-refractivity contribution in [3.05, 3.63) is 0 Å². The molecule has 2 bridgehead atoms. The van der Waals surface area contributed by atoms with E-state index in [2.05, 4.69) is 6.92 Å². The first-order valence-electron chi connectivity index (χ1n) is 9.71. The molecule has 0 aromatic heterocycles. The van der Waals surface area contributed by atoms with Gasteiger partial charge in [0.05, 0.1) is 6.42 Å². The van der Waals surface area contributed by atoms with Gasteiger partial charge in [-0.05, 0) is 44.9 Å². The van der Waals surface area contributed by atoms with Crippen molar-refractivity contribution >= 4 is 11.8 Å². The van der Waals surface area contributed by atoms with Crippen LogP contribution in [0.25, 0.3) is 0 Å². The number of Topliss-reactive ketones (excluding diaryl/α,β-unsaturated/α-hetero) is 1. The van der Waals surface area contributed by atoms with Gasteiger partial charge in [-0.15, -0.1) is 0 Å². The van der Waals surface area contributed by atoms with Gasteiger partial charge in [-0.2, -0.15) is 0 Å². The van der Waals surface area contributed by atoms with Crippen LogP contribution in [0, 0.1) is 17.8 Å². The third-order valence-electron chi connectivity index (χ3n) is 6.57. The van der Waals surface area contributed by atoms with Crippen LogP contribution >= 0.6 is 0 Å². The van der Waals surface area contributed by atoms with Crippen LogP contribution < -0.4 is 0 Å². The quantitative estimate of drug-likeness (QED) is 0.557. The van der Waals surface area contributed by atoms with E-state index in [9.17, 15) is 9.59 Å². The highest BCUT2D eigenvalue weighted by Gasteiger charge is 2.68. The average molecular weight is 368 g/mol. The Morgan fingerprint density at radius 1 is 1.15 bits per heavy atom. The number of carbonyl (C=O) groups is 2. The lowest BCUT2D eigenvalue weighted by Crippen LogP contribution is -2.68. The molecule has 5 fully saturated rings. The molecule has 5 rings (SSSR count). The van der Waals surface area contributed by atoms with Crippen LogP contribution in [0.4, 0.5) is 0 Å². The van der Waals surface area contributed by atoms with E-state index in [4.69, 9.17) is 24.0 Å². The maximum atomic E-state index is 12.0. The molecule has 4 heterocycles. The monoisotopic (exact) mass is 368 g/mol. The molecule has 0 N–H and O–H groups in total. The molecule has 0 aromatic rings. The van der Waals surface area contributed by atoms with Gasteiger partial charge in [0.15, 0.2) is 11.9 Å². The number of hydrogen-bond acceptors (Lipinski definition) is 7. The third-order valence-corrected chi connectivity index (χ3v) is 6.57. The molecule has 4 saturated heterocycles. The normalized spacial score (nSPS) is 47.0. The molecule has 7 heteroatoms. The lowest BCUT2D eigenvalue weighted by molar-refractivity contribution is -0.572. The molecule has 1 aliphatic carbocycles. The number of hydrogen-bond donors (Lipinski definition) is 0. The lowest BCUT2D eigenvalue weighted by atomic mass is 9.60. The van der Waals surface area contributed by atoms with Crippen molar-refractivity contribution in [1.29, 1.82) is 0 Å². The second-order valence-electron chi connectivity index (χ2n) is 8.49. The third kappa shape index (κ3) is 2.99. The van der Waals surface area contributed by atoms with E-state index in [1.807, 2.05) is 6.92 Å². The summed E-state index contributed by atoms with van der Waals surface area (Å²) in [5.41, 5.74) is -0.629. The van der Waals surface area contributed by atoms with Crippen molar-refractivity contribution in [2.24, 2.45) is 17.8 Å². The summed E-state index contributed by atoms with van der Waals surface area (Å²) in [5.74, 6) is -0.334. The van der Waals surface area contributed by atoms with Crippen molar-refractivity contribution in [2.75, 3.05) is 0 Å². The zero-order valence-corrected chi connectivity index (χ0v) is 15.7. The molecule has 7 nitrogen and oxygen atoms in total. The highest BCUT2D eigenvalue weighted by Crippen LogP contribution is 2.59. The topological polar surface area (TPSA) is 80.3 Å². The number of ketones is 1. The highest BCUT2D eigenvalue weighted by atomic mass is 17.3. The molecule has 26 heavy (non-hydrogen) atoms. The maximum Gasteiger partial charge on any atom is 0.308 e. The Morgan fingerprint density at radius 2 is 1.96 bits per heavy atom. The lowest BCUT2D eigenvalue weighted by Gasteiger charge is -2.58. The first kappa shape index (κ1) is 18.3. The smallest absolute Gasteiger partial charge is 0.308 e. The molecule has 1 saturated carbocycles. The minimum absolute atomic E-state index is 0.0301. The number of fused-ring (bicyclic) bond motifs is 2. The molecular formula is C19H28O7. The Kier molecular flexibility index (Phi) is 4.62. The fourth-order valence-electron chi connectivity index (χ4n) is 5.12. The Hall–Kier alpha value is -1.02. The Morgan fingerprint density at radius 3 is 2.73 bits per heavy atom. The van der Waals surface area contributed by atoms with Gasteiger partial charge < -0.3 is 19.0 Å². The SMILES string of the molecule is CC(=O)CCC(=O)O[C@H]1C[C@@H]2CC[C@@H](C)[C@@H]3CC[C@]4(C)OO[C@@]23[C@H](O1)O4. The summed E-state index contributed by atoms with van der Waals surface area (Å²) in [5, 5.41) is 0. The molecule has 5 aliphatic rings. The van der Waals surface area contributed by atoms with Crippen LogP contribution in [0.2, 0.25) is 0 Å². The molecule has 1 spiro atoms. The minimum Gasteiger partial charge on any atom is -0.436 e. The Labute approximate surface area is 153 Å². The van der Waals surface area contributed by atoms with Crippen molar-refractivity contribution in [2.45, 2.75) is 89.7 Å². The van der Waals surface area contributed by atoms with E-state index in [1.165, 1.54) is 6.92 Å². The maximum absolute atomic E-state index is 12.0. The van der Waals surface area contributed by atoms with Crippen LogP contribution in [0.3, 0.4) is 0 Å². The summed E-state index contributed by atoms with van der Waals surface area (Å²) in [4.78, 5) is 34.8. The molecule has 0 radical (unpaired) electrons. The Balaban J connectivity index is 1.53. The van der Waals surface area contributed by atoms with Gasteiger partial charge in [-0.25, -0.2) is 9.78 Å². The first-order valence-corrected chi connectivity index (χ1v) is 9.71. The highest BCUT2D eigenvalue weighted by molar-refractivity contribution is 5.81. The number of ether oxygens (including phenoxy) is 3. The predicted octanol–water partition coefficient (Wildman–Crippen LogP) is 2.86. The molecule has 0 amide bonds. The molecule has 0 unspecified atom stereocenters. The summed E-state index contributed by atoms with van der Waals surface area (Å²) in [6.45, 7) is 5.58. The molecule has 7 atom stereocenters. The van der Waals surface area contributed by atoms with E-state index in [0.29, 0.717) is 18.3 Å². The summed E-state index contributed by atoms with van der Waals surface area (Å²) in [6.07, 6.45) is 3.33. The fourth-order valence-corrected chi connectivity index (χ4v) is 5.12. The van der Waals surface area contributed by atoms with E-state index < -0.39 is 29.9 Å². The van der Waals surface area contributed by atoms with E-state index in [1.54, 1.807) is 0 Å². The molecule has 4 aliphatic heterocycles. The van der Waals surface area contributed by atoms with Crippen molar-refractivity contribution in [1.82, 2.24) is 0 Å². The van der Waals surface area contributed by atoms with E-state index in [-0.39, 0.29) is 24.5 Å². The summed E-state index contributed by atoms with van der Waals surface area (Å²) in [6, 6.07) is 0. The van der Waals surface area contributed by atoms with E-state index >= 15 is 0 Å². The second kappa shape index (κ2) is 6.55. The Bertz CT molecular complexity index is 588. The average Bonchev–Trinajstić information content (AvgIpc) is 2.81.